The van der Waals surface area contributed by atoms with E-state index in [1.165, 1.54) is 12.1 Å². The van der Waals surface area contributed by atoms with Crippen LogP contribution in [0.1, 0.15) is 43.6 Å². The highest BCUT2D eigenvalue weighted by Crippen LogP contribution is 2.35. The summed E-state index contributed by atoms with van der Waals surface area (Å²) in [7, 11) is 3.18. The summed E-state index contributed by atoms with van der Waals surface area (Å²) in [6, 6.07) is 26.5. The fourth-order valence-corrected chi connectivity index (χ4v) is 4.81. The Labute approximate surface area is 232 Å². The molecule has 0 aliphatic carbocycles. The lowest BCUT2D eigenvalue weighted by molar-refractivity contribution is 0.0728. The summed E-state index contributed by atoms with van der Waals surface area (Å²) in [6.45, 7) is 0.791. The van der Waals surface area contributed by atoms with E-state index in [0.717, 1.165) is 22.4 Å². The molecular formula is C32H30FN3O4. The van der Waals surface area contributed by atoms with Crippen molar-refractivity contribution < 1.29 is 23.5 Å². The molecule has 0 saturated carbocycles. The summed E-state index contributed by atoms with van der Waals surface area (Å²) >= 11 is 0. The van der Waals surface area contributed by atoms with E-state index < -0.39 is 6.17 Å². The summed E-state index contributed by atoms with van der Waals surface area (Å²) in [5.41, 5.74) is 4.65. The van der Waals surface area contributed by atoms with Crippen LogP contribution in [-0.4, -0.2) is 37.5 Å². The van der Waals surface area contributed by atoms with Crippen molar-refractivity contribution in [2.75, 3.05) is 26.1 Å². The normalized spacial score (nSPS) is 14.0. The van der Waals surface area contributed by atoms with E-state index in [4.69, 9.17) is 9.47 Å². The van der Waals surface area contributed by atoms with Gasteiger partial charge >= 0.3 is 0 Å². The maximum atomic E-state index is 13.4. The van der Waals surface area contributed by atoms with Gasteiger partial charge in [0.25, 0.3) is 11.8 Å². The average molecular weight is 540 g/mol. The molecule has 1 atom stereocenters. The van der Waals surface area contributed by atoms with Gasteiger partial charge in [0.05, 0.1) is 14.2 Å². The zero-order valence-corrected chi connectivity index (χ0v) is 22.3. The third-order valence-corrected chi connectivity index (χ3v) is 6.92. The number of fused-ring (bicyclic) bond motifs is 1. The number of hydrogen-bond acceptors (Lipinski definition) is 5. The molecule has 204 valence electrons. The molecule has 1 heterocycles. The highest BCUT2D eigenvalue weighted by Gasteiger charge is 2.36. The van der Waals surface area contributed by atoms with Crippen LogP contribution in [0.4, 0.5) is 10.1 Å². The first kappa shape index (κ1) is 26.7. The number of halogens is 1. The van der Waals surface area contributed by atoms with Crippen molar-refractivity contribution in [2.24, 2.45) is 0 Å². The molecule has 1 unspecified atom stereocenters. The molecule has 1 aliphatic rings. The van der Waals surface area contributed by atoms with Gasteiger partial charge in [-0.2, -0.15) is 0 Å². The molecule has 4 aromatic rings. The van der Waals surface area contributed by atoms with Crippen LogP contribution in [0.2, 0.25) is 0 Å². The van der Waals surface area contributed by atoms with E-state index in [1.807, 2.05) is 54.6 Å². The van der Waals surface area contributed by atoms with Crippen LogP contribution in [0.5, 0.6) is 11.5 Å². The van der Waals surface area contributed by atoms with Crippen molar-refractivity contribution in [3.8, 4) is 11.5 Å². The monoisotopic (exact) mass is 539 g/mol. The van der Waals surface area contributed by atoms with E-state index in [-0.39, 0.29) is 17.6 Å². The molecule has 40 heavy (non-hydrogen) atoms. The van der Waals surface area contributed by atoms with Crippen LogP contribution in [-0.2, 0) is 13.0 Å². The van der Waals surface area contributed by atoms with E-state index >= 15 is 0 Å². The van der Waals surface area contributed by atoms with Gasteiger partial charge in [-0.05, 0) is 72.1 Å². The molecule has 0 bridgehead atoms. The van der Waals surface area contributed by atoms with Gasteiger partial charge in [-0.25, -0.2) is 4.39 Å². The van der Waals surface area contributed by atoms with Gasteiger partial charge < -0.3 is 25.0 Å². The lowest BCUT2D eigenvalue weighted by atomic mass is 10.1. The predicted octanol–water partition coefficient (Wildman–Crippen LogP) is 5.58. The molecule has 0 radical (unpaired) electrons. The van der Waals surface area contributed by atoms with Gasteiger partial charge in [0.2, 0.25) is 0 Å². The Bertz CT molecular complexity index is 1510. The van der Waals surface area contributed by atoms with Crippen molar-refractivity contribution in [1.82, 2.24) is 10.2 Å². The van der Waals surface area contributed by atoms with Gasteiger partial charge in [-0.15, -0.1) is 0 Å². The molecule has 1 aliphatic heterocycles. The fraction of sp³-hybridized carbons (Fsp3) is 0.188. The summed E-state index contributed by atoms with van der Waals surface area (Å²) in [5.74, 6) is 0.721. The van der Waals surface area contributed by atoms with E-state index in [1.54, 1.807) is 43.4 Å². The number of rotatable bonds is 10. The Hall–Kier alpha value is -4.85. The number of carbonyl (C=O) groups is 2. The van der Waals surface area contributed by atoms with E-state index in [0.29, 0.717) is 42.1 Å². The van der Waals surface area contributed by atoms with Crippen molar-refractivity contribution in [1.29, 1.82) is 0 Å². The maximum absolute atomic E-state index is 13.4. The fourth-order valence-electron chi connectivity index (χ4n) is 4.81. The molecule has 7 nitrogen and oxygen atoms in total. The summed E-state index contributed by atoms with van der Waals surface area (Å²) in [5, 5.41) is 6.39. The van der Waals surface area contributed by atoms with Gasteiger partial charge in [0, 0.05) is 35.5 Å². The van der Waals surface area contributed by atoms with Crippen LogP contribution >= 0.6 is 0 Å². The number of anilines is 1. The van der Waals surface area contributed by atoms with Crippen molar-refractivity contribution in [3.63, 3.8) is 0 Å². The van der Waals surface area contributed by atoms with Gasteiger partial charge in [0.1, 0.15) is 12.0 Å². The zero-order valence-electron chi connectivity index (χ0n) is 22.3. The summed E-state index contributed by atoms with van der Waals surface area (Å²) < 4.78 is 24.0. The number of hydrogen-bond donors (Lipinski definition) is 2. The smallest absolute Gasteiger partial charge is 0.256 e. The standard InChI is InChI=1S/C32H30FN3O4/c1-39-28-16-9-21(19-29(28)40-2)17-18-34-31(37)23-10-14-25(15-11-23)35-30-26-5-3-4-6-27(26)32(38)36(30)20-22-7-12-24(33)13-8-22/h3-16,19,30,35H,17-18,20H2,1-2H3,(H,34,37). The maximum Gasteiger partial charge on any atom is 0.256 e. The van der Waals surface area contributed by atoms with Crippen LogP contribution in [0.3, 0.4) is 0 Å². The summed E-state index contributed by atoms with van der Waals surface area (Å²) in [4.78, 5) is 27.7. The first-order valence-corrected chi connectivity index (χ1v) is 13.0. The summed E-state index contributed by atoms with van der Waals surface area (Å²) in [6.07, 6.45) is 0.236. The molecule has 0 saturated heterocycles. The molecule has 2 N–H and O–H groups in total. The number of ether oxygens (including phenoxy) is 2. The van der Waals surface area contributed by atoms with Crippen LogP contribution in [0.25, 0.3) is 0 Å². The van der Waals surface area contributed by atoms with Crippen molar-refractivity contribution >= 4 is 17.5 Å². The van der Waals surface area contributed by atoms with Gasteiger partial charge in [-0.1, -0.05) is 36.4 Å². The quantitative estimate of drug-likeness (QED) is 0.275. The number of benzene rings is 4. The highest BCUT2D eigenvalue weighted by molar-refractivity contribution is 5.99. The third-order valence-electron chi connectivity index (χ3n) is 6.92. The molecule has 5 rings (SSSR count). The Morgan fingerprint density at radius 2 is 1.57 bits per heavy atom. The lowest BCUT2D eigenvalue weighted by Crippen LogP contribution is -2.32. The van der Waals surface area contributed by atoms with E-state index in [2.05, 4.69) is 10.6 Å². The van der Waals surface area contributed by atoms with E-state index in [9.17, 15) is 14.0 Å². The Morgan fingerprint density at radius 3 is 2.30 bits per heavy atom. The number of carbonyl (C=O) groups excluding carboxylic acids is 2. The topological polar surface area (TPSA) is 79.9 Å². The Kier molecular flexibility index (Phi) is 7.96. The van der Waals surface area contributed by atoms with Gasteiger partial charge in [-0.3, -0.25) is 9.59 Å². The second-order valence-electron chi connectivity index (χ2n) is 9.47. The first-order valence-electron chi connectivity index (χ1n) is 13.0. The predicted molar refractivity (Wildman–Crippen MR) is 151 cm³/mol. The first-order chi connectivity index (χ1) is 19.5. The average Bonchev–Trinajstić information content (AvgIpc) is 3.24. The van der Waals surface area contributed by atoms with Crippen LogP contribution in [0, 0.1) is 5.82 Å². The molecule has 8 heteroatoms. The molecule has 0 aromatic heterocycles. The minimum Gasteiger partial charge on any atom is -0.493 e. The molecule has 0 spiro atoms. The lowest BCUT2D eigenvalue weighted by Gasteiger charge is -2.27. The second-order valence-corrected chi connectivity index (χ2v) is 9.47. The minimum absolute atomic E-state index is 0.0945. The zero-order chi connectivity index (χ0) is 28.1. The van der Waals surface area contributed by atoms with Crippen LogP contribution in [0.15, 0.2) is 91.0 Å². The number of amides is 2. The molecule has 2 amide bonds. The Balaban J connectivity index is 1.23. The second kappa shape index (κ2) is 11.9. The number of nitrogens with one attached hydrogen (secondary N) is 2. The molecular weight excluding hydrogens is 509 g/mol. The highest BCUT2D eigenvalue weighted by atomic mass is 19.1. The minimum atomic E-state index is -0.407. The van der Waals surface area contributed by atoms with Crippen LogP contribution < -0.4 is 20.1 Å². The number of methoxy groups -OCH3 is 2. The third kappa shape index (κ3) is 5.76. The van der Waals surface area contributed by atoms with Crippen molar-refractivity contribution in [3.05, 3.63) is 125 Å². The largest absolute Gasteiger partial charge is 0.493 e. The Morgan fingerprint density at radius 1 is 0.875 bits per heavy atom. The molecule has 0 fully saturated rings. The SMILES string of the molecule is COc1ccc(CCNC(=O)c2ccc(NC3c4ccccc4C(=O)N3Cc3ccc(F)cc3)cc2)cc1OC. The molecule has 4 aromatic carbocycles. The number of nitrogens with zero attached hydrogens (tertiary/aromatic N) is 1. The van der Waals surface area contributed by atoms with Gasteiger partial charge in [0.15, 0.2) is 11.5 Å². The van der Waals surface area contributed by atoms with Crippen molar-refractivity contribution in [2.45, 2.75) is 19.1 Å².